The molecule has 14 heteroatoms. The second kappa shape index (κ2) is 9.39. The molecular weight excluding hydrogens is 424 g/mol. The van der Waals surface area contributed by atoms with Crippen molar-refractivity contribution in [3.05, 3.63) is 30.1 Å². The average molecular weight is 446 g/mol. The zero-order valence-corrected chi connectivity index (χ0v) is 16.5. The molecule has 2 aromatic rings. The summed E-state index contributed by atoms with van der Waals surface area (Å²) < 4.78 is 71.5. The summed E-state index contributed by atoms with van der Waals surface area (Å²) >= 11 is 0. The highest BCUT2D eigenvalue weighted by molar-refractivity contribution is 7.91. The van der Waals surface area contributed by atoms with Gasteiger partial charge in [-0.2, -0.15) is 13.9 Å². The summed E-state index contributed by atoms with van der Waals surface area (Å²) in [5.74, 6) is -5.34. The molecule has 2 aromatic heterocycles. The molecule has 3 N–H and O–H groups in total. The number of hydrogen-bond acceptors (Lipinski definition) is 8. The van der Waals surface area contributed by atoms with Crippen molar-refractivity contribution in [2.45, 2.75) is 17.1 Å². The van der Waals surface area contributed by atoms with Crippen LogP contribution in [0.2, 0.25) is 0 Å². The highest BCUT2D eigenvalue weighted by Crippen LogP contribution is 2.28. The number of nitrogens with one attached hydrogen (secondary N) is 3. The number of halogens is 2. The van der Waals surface area contributed by atoms with Gasteiger partial charge in [0.15, 0.2) is 5.82 Å². The lowest BCUT2D eigenvalue weighted by Crippen LogP contribution is -2.28. The van der Waals surface area contributed by atoms with Crippen molar-refractivity contribution in [3.8, 4) is 0 Å². The van der Waals surface area contributed by atoms with E-state index >= 15 is 0 Å². The van der Waals surface area contributed by atoms with Crippen molar-refractivity contribution >= 4 is 39.1 Å². The Balaban J connectivity index is 2.50. The number of alkyl halides is 2. The molecular formula is C16H19F2N7O4S. The molecule has 0 aliphatic rings. The van der Waals surface area contributed by atoms with Crippen LogP contribution in [0.1, 0.15) is 9.81 Å². The zero-order chi connectivity index (χ0) is 25.0. The summed E-state index contributed by atoms with van der Waals surface area (Å²) in [6.07, 6.45) is 0.510. The fourth-order valence-corrected chi connectivity index (χ4v) is 2.91. The maximum Gasteiger partial charge on any atom is 0.341 e. The Bertz CT molecular complexity index is 1150. The molecule has 3 amide bonds. The van der Waals surface area contributed by atoms with E-state index in [9.17, 15) is 26.8 Å². The first-order valence-electron chi connectivity index (χ1n) is 9.60. The molecule has 0 spiro atoms. The molecule has 0 unspecified atom stereocenters. The molecule has 0 atom stereocenters. The number of amides is 3. The van der Waals surface area contributed by atoms with E-state index < -0.39 is 51.6 Å². The van der Waals surface area contributed by atoms with E-state index in [1.165, 1.54) is 19.0 Å². The van der Waals surface area contributed by atoms with Crippen molar-refractivity contribution < 1.29 is 30.9 Å². The molecule has 162 valence electrons. The van der Waals surface area contributed by atoms with Crippen molar-refractivity contribution in [2.75, 3.05) is 31.7 Å². The third-order valence-corrected chi connectivity index (χ3v) is 4.96. The Labute approximate surface area is 175 Å². The van der Waals surface area contributed by atoms with E-state index in [0.29, 0.717) is 0 Å². The van der Waals surface area contributed by atoms with Crippen LogP contribution in [0.15, 0.2) is 29.3 Å². The number of rotatable bonds is 7. The molecule has 0 saturated heterocycles. The number of pyridine rings is 1. The largest absolute Gasteiger partial charge is 0.359 e. The van der Waals surface area contributed by atoms with Gasteiger partial charge in [0, 0.05) is 37.4 Å². The van der Waals surface area contributed by atoms with E-state index in [4.69, 9.17) is 4.11 Å². The predicted molar refractivity (Wildman–Crippen MR) is 103 cm³/mol. The van der Waals surface area contributed by atoms with Crippen molar-refractivity contribution in [2.24, 2.45) is 0 Å². The van der Waals surface area contributed by atoms with Gasteiger partial charge >= 0.3 is 11.8 Å². The second-order valence-electron chi connectivity index (χ2n) is 5.92. The molecule has 11 nitrogen and oxygen atoms in total. The van der Waals surface area contributed by atoms with Crippen molar-refractivity contribution in [1.82, 2.24) is 25.4 Å². The smallest absolute Gasteiger partial charge is 0.341 e. The molecule has 0 bridgehead atoms. The molecule has 0 aliphatic heterocycles. The first-order valence-corrected chi connectivity index (χ1v) is 9.65. The zero-order valence-electron chi connectivity index (χ0n) is 18.7. The van der Waals surface area contributed by atoms with Crippen molar-refractivity contribution in [3.63, 3.8) is 0 Å². The Morgan fingerprint density at radius 2 is 2.03 bits per heavy atom. The number of carbonyl (C=O) groups excluding carboxylic acids is 2. The van der Waals surface area contributed by atoms with Crippen LogP contribution in [0.5, 0.6) is 0 Å². The third kappa shape index (κ3) is 5.34. The number of aromatic nitrogens is 3. The third-order valence-electron chi connectivity index (χ3n) is 3.54. The minimum absolute atomic E-state index is 0.134. The standard InChI is InChI=1S/C16H19F2N7O4S/c1-19-13(26)8-10-9(7-12(24-23-10)22-16(27)25(2)3)21-14-11(5-4-6-20-14)30(28,29)15(17)18/h4-7,15H,8H2,1-3H3,(H,19,26)(H2,20,21,22,24,27)/i1D3. The summed E-state index contributed by atoms with van der Waals surface area (Å²) in [5.41, 5.74) is -0.310. The summed E-state index contributed by atoms with van der Waals surface area (Å²) in [4.78, 5) is 28.1. The maximum atomic E-state index is 13.1. The van der Waals surface area contributed by atoms with Gasteiger partial charge in [0.25, 0.3) is 0 Å². The number of anilines is 3. The van der Waals surface area contributed by atoms with Gasteiger partial charge in [0.2, 0.25) is 15.7 Å². The van der Waals surface area contributed by atoms with Gasteiger partial charge in [-0.05, 0) is 12.1 Å². The predicted octanol–water partition coefficient (Wildman–Crippen LogP) is 0.993. The minimum atomic E-state index is -5.05. The van der Waals surface area contributed by atoms with E-state index in [1.54, 1.807) is 5.32 Å². The first-order chi connectivity index (χ1) is 15.2. The van der Waals surface area contributed by atoms with E-state index in [2.05, 4.69) is 25.8 Å². The number of hydrogen-bond donors (Lipinski definition) is 3. The van der Waals surface area contributed by atoms with E-state index in [1.807, 2.05) is 0 Å². The molecule has 2 heterocycles. The van der Waals surface area contributed by atoms with Gasteiger partial charge in [-0.1, -0.05) is 0 Å². The molecule has 2 rings (SSSR count). The summed E-state index contributed by atoms with van der Waals surface area (Å²) in [6, 6.07) is 2.60. The fourth-order valence-electron chi connectivity index (χ4n) is 2.07. The van der Waals surface area contributed by atoms with Crippen LogP contribution < -0.4 is 16.0 Å². The normalized spacial score (nSPS) is 13.0. The summed E-state index contributed by atoms with van der Waals surface area (Å²) in [7, 11) is -2.15. The topological polar surface area (TPSA) is 146 Å². The van der Waals surface area contributed by atoms with Gasteiger partial charge in [0.05, 0.1) is 17.8 Å². The number of urea groups is 1. The van der Waals surface area contributed by atoms with Crippen LogP contribution in [0.3, 0.4) is 0 Å². The van der Waals surface area contributed by atoms with Gasteiger partial charge in [-0.25, -0.2) is 18.2 Å². The van der Waals surface area contributed by atoms with E-state index in [0.717, 1.165) is 24.4 Å². The lowest BCUT2D eigenvalue weighted by molar-refractivity contribution is -0.120. The Hall–Kier alpha value is -3.42. The van der Waals surface area contributed by atoms with Gasteiger partial charge in [0.1, 0.15) is 10.7 Å². The van der Waals surface area contributed by atoms with Crippen LogP contribution >= 0.6 is 0 Å². The average Bonchev–Trinajstić information content (AvgIpc) is 2.68. The maximum absolute atomic E-state index is 13.1. The lowest BCUT2D eigenvalue weighted by atomic mass is 10.2. The summed E-state index contributed by atoms with van der Waals surface area (Å²) in [5, 5.41) is 14.1. The van der Waals surface area contributed by atoms with Gasteiger partial charge in [-0.15, -0.1) is 5.10 Å². The Kier molecular flexibility index (Phi) is 5.82. The molecule has 0 aliphatic carbocycles. The van der Waals surface area contributed by atoms with E-state index in [-0.39, 0.29) is 17.2 Å². The van der Waals surface area contributed by atoms with Gasteiger partial charge < -0.3 is 15.5 Å². The van der Waals surface area contributed by atoms with Crippen molar-refractivity contribution in [1.29, 1.82) is 0 Å². The number of likely N-dealkylation sites (N-methyl/N-ethyl adjacent to an activating group) is 1. The monoisotopic (exact) mass is 446 g/mol. The molecule has 0 radical (unpaired) electrons. The molecule has 0 aromatic carbocycles. The molecule has 30 heavy (non-hydrogen) atoms. The Morgan fingerprint density at radius 1 is 1.30 bits per heavy atom. The van der Waals surface area contributed by atoms with Crippen LogP contribution in [-0.4, -0.2) is 67.3 Å². The number of carbonyl (C=O) groups is 2. The lowest BCUT2D eigenvalue weighted by Gasteiger charge is -2.15. The number of sulfone groups is 1. The first kappa shape index (κ1) is 18.6. The minimum Gasteiger partial charge on any atom is -0.359 e. The molecule has 0 fully saturated rings. The fraction of sp³-hybridized carbons (Fsp3) is 0.312. The number of nitrogens with zero attached hydrogens (tertiary/aromatic N) is 4. The van der Waals surface area contributed by atoms with Crippen LogP contribution in [-0.2, 0) is 21.1 Å². The van der Waals surface area contributed by atoms with Gasteiger partial charge in [-0.3, -0.25) is 10.1 Å². The SMILES string of the molecule is [2H]C([2H])([2H])NC(=O)Cc1nnc(NC(=O)N(C)C)cc1Nc1ncccc1S(=O)(=O)C(F)F. The highest BCUT2D eigenvalue weighted by Gasteiger charge is 2.30. The quantitative estimate of drug-likeness (QED) is 0.571. The van der Waals surface area contributed by atoms with Crippen LogP contribution in [0, 0.1) is 0 Å². The highest BCUT2D eigenvalue weighted by atomic mass is 32.2. The molecule has 0 saturated carbocycles. The Morgan fingerprint density at radius 3 is 2.67 bits per heavy atom. The van der Waals surface area contributed by atoms with Crippen LogP contribution in [0.4, 0.5) is 30.9 Å². The van der Waals surface area contributed by atoms with Crippen LogP contribution in [0.25, 0.3) is 0 Å². The summed E-state index contributed by atoms with van der Waals surface area (Å²) in [6.45, 7) is -2.78. The second-order valence-corrected chi connectivity index (χ2v) is 7.81.